The second-order valence-electron chi connectivity index (χ2n) is 7.68. The third-order valence-electron chi connectivity index (χ3n) is 5.19. The Morgan fingerprint density at radius 2 is 1.56 bits per heavy atom. The van der Waals surface area contributed by atoms with Gasteiger partial charge in [-0.25, -0.2) is 9.67 Å². The van der Waals surface area contributed by atoms with Crippen LogP contribution in [0.2, 0.25) is 0 Å². The largest absolute Gasteiger partial charge is 0.384 e. The van der Waals surface area contributed by atoms with Gasteiger partial charge in [-0.05, 0) is 49.7 Å². The number of pyridine rings is 1. The quantitative estimate of drug-likeness (QED) is 0.261. The van der Waals surface area contributed by atoms with Crippen LogP contribution in [-0.2, 0) is 0 Å². The van der Waals surface area contributed by atoms with Crippen molar-refractivity contribution in [1.29, 1.82) is 5.41 Å². The number of nitrogens with zero attached hydrogens (tertiary/aromatic N) is 3. The summed E-state index contributed by atoms with van der Waals surface area (Å²) in [6.07, 6.45) is 1.66. The van der Waals surface area contributed by atoms with E-state index in [2.05, 4.69) is 20.7 Å². The monoisotopic (exact) mass is 453 g/mol. The van der Waals surface area contributed by atoms with Crippen LogP contribution < -0.4 is 16.4 Å². The first-order valence-corrected chi connectivity index (χ1v) is 10.5. The molecule has 0 saturated heterocycles. The molecule has 4 aromatic rings. The minimum absolute atomic E-state index is 0.0899. The Kier molecular flexibility index (Phi) is 6.18. The number of amides is 2. The fraction of sp³-hybridized carbons (Fsp3) is 0.0800. The van der Waals surface area contributed by atoms with Gasteiger partial charge in [-0.2, -0.15) is 0 Å². The average molecular weight is 454 g/mol. The Bertz CT molecular complexity index is 1360. The van der Waals surface area contributed by atoms with E-state index >= 15 is 0 Å². The van der Waals surface area contributed by atoms with Gasteiger partial charge in [-0.1, -0.05) is 36.4 Å². The topological polar surface area (TPSA) is 139 Å². The number of hydrogen-bond acceptors (Lipinski definition) is 5. The molecule has 2 aromatic carbocycles. The lowest BCUT2D eigenvalue weighted by Gasteiger charge is -2.08. The van der Waals surface area contributed by atoms with Gasteiger partial charge in [0.25, 0.3) is 11.8 Å². The normalized spacial score (nSPS) is 10.5. The first kappa shape index (κ1) is 22.4. The Balaban J connectivity index is 1.69. The van der Waals surface area contributed by atoms with Crippen molar-refractivity contribution in [3.63, 3.8) is 0 Å². The van der Waals surface area contributed by atoms with Crippen LogP contribution in [-0.4, -0.2) is 32.4 Å². The molecule has 2 heterocycles. The highest BCUT2D eigenvalue weighted by Crippen LogP contribution is 2.24. The summed E-state index contributed by atoms with van der Waals surface area (Å²) in [5.74, 6) is -0.479. The average Bonchev–Trinajstić information content (AvgIpc) is 3.16. The number of carbonyl (C=O) groups is 2. The number of rotatable bonds is 6. The summed E-state index contributed by atoms with van der Waals surface area (Å²) in [5.41, 5.74) is 8.81. The fourth-order valence-electron chi connectivity index (χ4n) is 3.38. The lowest BCUT2D eigenvalue weighted by molar-refractivity contribution is 0.102. The van der Waals surface area contributed by atoms with Crippen molar-refractivity contribution >= 4 is 29.3 Å². The Hall–Kier alpha value is -4.79. The number of hydrogen-bond donors (Lipinski definition) is 4. The Labute approximate surface area is 196 Å². The number of nitrogens with one attached hydrogen (secondary N) is 3. The highest BCUT2D eigenvalue weighted by molar-refractivity contribution is 6.12. The maximum atomic E-state index is 13.2. The van der Waals surface area contributed by atoms with Crippen LogP contribution in [0.4, 0.5) is 11.6 Å². The summed E-state index contributed by atoms with van der Waals surface area (Å²) in [6.45, 7) is 3.66. The zero-order valence-electron chi connectivity index (χ0n) is 18.7. The predicted octanol–water partition coefficient (Wildman–Crippen LogP) is 3.67. The van der Waals surface area contributed by atoms with E-state index in [0.29, 0.717) is 22.6 Å². The van der Waals surface area contributed by atoms with Crippen molar-refractivity contribution in [2.24, 2.45) is 5.73 Å². The zero-order valence-corrected chi connectivity index (χ0v) is 18.7. The second kappa shape index (κ2) is 9.37. The number of carbonyl (C=O) groups excluding carboxylic acids is 2. The molecule has 2 amide bonds. The highest BCUT2D eigenvalue weighted by atomic mass is 16.2. The summed E-state index contributed by atoms with van der Waals surface area (Å²) in [7, 11) is 0. The molecule has 0 aliphatic carbocycles. The molecular formula is C25H23N7O2. The van der Waals surface area contributed by atoms with Crippen LogP contribution in [0.15, 0.2) is 72.9 Å². The molecule has 0 fully saturated rings. The smallest absolute Gasteiger partial charge is 0.262 e. The van der Waals surface area contributed by atoms with Crippen LogP contribution in [0.1, 0.15) is 37.5 Å². The molecule has 170 valence electrons. The van der Waals surface area contributed by atoms with Crippen molar-refractivity contribution in [2.45, 2.75) is 13.8 Å². The lowest BCUT2D eigenvalue weighted by Crippen LogP contribution is -2.19. The minimum Gasteiger partial charge on any atom is -0.384 e. The Morgan fingerprint density at radius 3 is 2.18 bits per heavy atom. The van der Waals surface area contributed by atoms with Gasteiger partial charge < -0.3 is 16.4 Å². The number of amidine groups is 1. The van der Waals surface area contributed by atoms with Gasteiger partial charge >= 0.3 is 0 Å². The standard InChI is InChI=1S/C25H23N7O2/c1-15-8-13-20(28-14-15)29-25(34)21-16(2)32(19-6-4-3-5-7-19)31-23(21)30-24(33)18-11-9-17(10-12-18)22(26)27/h3-14H,1-2H3,(H3,26,27)(H,28,29,34)(H,30,31,33). The first-order chi connectivity index (χ1) is 16.3. The van der Waals surface area contributed by atoms with E-state index in [1.54, 1.807) is 48.1 Å². The van der Waals surface area contributed by atoms with Crippen molar-refractivity contribution in [1.82, 2.24) is 14.8 Å². The third-order valence-corrected chi connectivity index (χ3v) is 5.19. The Morgan fingerprint density at radius 1 is 0.882 bits per heavy atom. The van der Waals surface area contributed by atoms with Gasteiger partial charge in [0.1, 0.15) is 17.2 Å². The van der Waals surface area contributed by atoms with Crippen molar-refractivity contribution < 1.29 is 9.59 Å². The van der Waals surface area contributed by atoms with Crippen molar-refractivity contribution in [3.05, 3.63) is 101 Å². The summed E-state index contributed by atoms with van der Waals surface area (Å²) < 4.78 is 1.60. The molecule has 9 heteroatoms. The summed E-state index contributed by atoms with van der Waals surface area (Å²) in [5, 5.41) is 17.5. The minimum atomic E-state index is -0.449. The van der Waals surface area contributed by atoms with E-state index in [1.807, 2.05) is 43.3 Å². The van der Waals surface area contributed by atoms with Crippen molar-refractivity contribution in [3.8, 4) is 5.69 Å². The molecule has 0 atom stereocenters. The number of aryl methyl sites for hydroxylation is 1. The molecule has 0 unspecified atom stereocenters. The van der Waals surface area contributed by atoms with Crippen LogP contribution in [0.5, 0.6) is 0 Å². The molecule has 0 radical (unpaired) electrons. The second-order valence-corrected chi connectivity index (χ2v) is 7.68. The van der Waals surface area contributed by atoms with Crippen LogP contribution in [0.25, 0.3) is 5.69 Å². The van der Waals surface area contributed by atoms with Crippen molar-refractivity contribution in [2.75, 3.05) is 10.6 Å². The first-order valence-electron chi connectivity index (χ1n) is 10.5. The van der Waals surface area contributed by atoms with Gasteiger partial charge in [-0.15, -0.1) is 5.10 Å². The molecule has 9 nitrogen and oxygen atoms in total. The zero-order chi connectivity index (χ0) is 24.2. The van der Waals surface area contributed by atoms with E-state index in [9.17, 15) is 9.59 Å². The maximum Gasteiger partial charge on any atom is 0.262 e. The molecule has 0 saturated carbocycles. The molecule has 0 bridgehead atoms. The lowest BCUT2D eigenvalue weighted by atomic mass is 10.1. The maximum absolute atomic E-state index is 13.2. The molecule has 0 spiro atoms. The van der Waals surface area contributed by atoms with Gasteiger partial charge in [0.2, 0.25) is 0 Å². The van der Waals surface area contributed by atoms with E-state index in [-0.39, 0.29) is 17.2 Å². The van der Waals surface area contributed by atoms with E-state index in [0.717, 1.165) is 11.3 Å². The van der Waals surface area contributed by atoms with Gasteiger partial charge in [0.15, 0.2) is 5.82 Å². The van der Waals surface area contributed by atoms with Gasteiger partial charge in [0, 0.05) is 17.3 Å². The third kappa shape index (κ3) is 4.68. The molecular weight excluding hydrogens is 430 g/mol. The number of benzene rings is 2. The molecule has 2 aromatic heterocycles. The predicted molar refractivity (Wildman–Crippen MR) is 131 cm³/mol. The number of para-hydroxylation sites is 1. The number of aromatic nitrogens is 3. The summed E-state index contributed by atoms with van der Waals surface area (Å²) >= 11 is 0. The molecule has 0 aliphatic heterocycles. The van der Waals surface area contributed by atoms with Crippen LogP contribution in [0, 0.1) is 19.3 Å². The van der Waals surface area contributed by atoms with Crippen LogP contribution >= 0.6 is 0 Å². The SMILES string of the molecule is Cc1ccc(NC(=O)c2c(NC(=O)c3ccc(C(=N)N)cc3)nn(-c3ccccc3)c2C)nc1. The van der Waals surface area contributed by atoms with E-state index in [4.69, 9.17) is 11.1 Å². The fourth-order valence-corrected chi connectivity index (χ4v) is 3.38. The number of nitrogens with two attached hydrogens (primary N) is 1. The van der Waals surface area contributed by atoms with E-state index in [1.165, 1.54) is 0 Å². The number of anilines is 2. The highest BCUT2D eigenvalue weighted by Gasteiger charge is 2.24. The van der Waals surface area contributed by atoms with Gasteiger partial charge in [-0.3, -0.25) is 15.0 Å². The molecule has 5 N–H and O–H groups in total. The number of nitrogen functional groups attached to an aromatic ring is 1. The molecule has 4 rings (SSSR count). The van der Waals surface area contributed by atoms with E-state index < -0.39 is 11.8 Å². The van der Waals surface area contributed by atoms with Crippen LogP contribution in [0.3, 0.4) is 0 Å². The van der Waals surface area contributed by atoms with Gasteiger partial charge in [0.05, 0.1) is 11.4 Å². The summed E-state index contributed by atoms with van der Waals surface area (Å²) in [4.78, 5) is 30.4. The molecule has 0 aliphatic rings. The summed E-state index contributed by atoms with van der Waals surface area (Å²) in [6, 6.07) is 19.2. The molecule has 34 heavy (non-hydrogen) atoms.